The number of carbonyl (C=O) groups excluding carboxylic acids is 1. The lowest BCUT2D eigenvalue weighted by molar-refractivity contribution is 0.232. The minimum Gasteiger partial charge on any atom is -0.335 e. The number of hydrogen-bond donors (Lipinski definition) is 2. The minimum atomic E-state index is -0.111. The van der Waals surface area contributed by atoms with Gasteiger partial charge in [-0.15, -0.1) is 0 Å². The second-order valence-electron chi connectivity index (χ2n) is 4.95. The summed E-state index contributed by atoms with van der Waals surface area (Å²) in [6, 6.07) is 7.83. The fraction of sp³-hybridized carbons (Fsp3) is 0.500. The molecule has 2 atom stereocenters. The SMILES string of the molecule is C[C@@H]1CCCC[C@H]1NC(=O)Nc1ccccc1Br. The first-order valence-corrected chi connectivity index (χ1v) is 7.28. The fourth-order valence-corrected chi connectivity index (χ4v) is 2.80. The molecule has 1 aromatic rings. The van der Waals surface area contributed by atoms with Gasteiger partial charge in [0.05, 0.1) is 5.69 Å². The van der Waals surface area contributed by atoms with Crippen molar-refractivity contribution < 1.29 is 4.79 Å². The third-order valence-electron chi connectivity index (χ3n) is 3.55. The van der Waals surface area contributed by atoms with Crippen molar-refractivity contribution in [2.75, 3.05) is 5.32 Å². The first-order chi connectivity index (χ1) is 8.66. The molecule has 2 N–H and O–H groups in total. The molecule has 1 saturated carbocycles. The van der Waals surface area contributed by atoms with Gasteiger partial charge in [-0.2, -0.15) is 0 Å². The lowest BCUT2D eigenvalue weighted by Gasteiger charge is -2.29. The minimum absolute atomic E-state index is 0.111. The normalized spacial score (nSPS) is 23.4. The van der Waals surface area contributed by atoms with Gasteiger partial charge in [0.15, 0.2) is 0 Å². The summed E-state index contributed by atoms with van der Waals surface area (Å²) in [5.41, 5.74) is 0.804. The maximum absolute atomic E-state index is 11.9. The van der Waals surface area contributed by atoms with Crippen LogP contribution in [0.15, 0.2) is 28.7 Å². The molecule has 0 unspecified atom stereocenters. The molecule has 1 fully saturated rings. The van der Waals surface area contributed by atoms with E-state index in [4.69, 9.17) is 0 Å². The van der Waals surface area contributed by atoms with Crippen molar-refractivity contribution in [1.29, 1.82) is 0 Å². The van der Waals surface area contributed by atoms with E-state index < -0.39 is 0 Å². The molecule has 2 rings (SSSR count). The molecule has 3 nitrogen and oxygen atoms in total. The van der Waals surface area contributed by atoms with Crippen LogP contribution in [0.2, 0.25) is 0 Å². The molecule has 0 aliphatic heterocycles. The zero-order valence-corrected chi connectivity index (χ0v) is 12.2. The lowest BCUT2D eigenvalue weighted by Crippen LogP contribution is -2.43. The summed E-state index contributed by atoms with van der Waals surface area (Å²) in [5.74, 6) is 0.573. The van der Waals surface area contributed by atoms with Gasteiger partial charge in [-0.3, -0.25) is 0 Å². The van der Waals surface area contributed by atoms with E-state index in [0.29, 0.717) is 12.0 Å². The van der Waals surface area contributed by atoms with Crippen LogP contribution in [0.25, 0.3) is 0 Å². The molecular weight excluding hydrogens is 292 g/mol. The summed E-state index contributed by atoms with van der Waals surface area (Å²) < 4.78 is 0.900. The van der Waals surface area contributed by atoms with E-state index in [1.807, 2.05) is 24.3 Å². The molecule has 0 aromatic heterocycles. The average Bonchev–Trinajstić information content (AvgIpc) is 2.35. The Balaban J connectivity index is 1.90. The molecule has 18 heavy (non-hydrogen) atoms. The van der Waals surface area contributed by atoms with Crippen LogP contribution in [-0.2, 0) is 0 Å². The van der Waals surface area contributed by atoms with Crippen LogP contribution in [0.5, 0.6) is 0 Å². The third-order valence-corrected chi connectivity index (χ3v) is 4.24. The Kier molecular flexibility index (Phi) is 4.64. The van der Waals surface area contributed by atoms with Crippen LogP contribution < -0.4 is 10.6 Å². The maximum Gasteiger partial charge on any atom is 0.319 e. The van der Waals surface area contributed by atoms with Gasteiger partial charge >= 0.3 is 6.03 Å². The fourth-order valence-electron chi connectivity index (χ4n) is 2.42. The highest BCUT2D eigenvalue weighted by Gasteiger charge is 2.22. The predicted molar refractivity (Wildman–Crippen MR) is 77.7 cm³/mol. The molecule has 0 bridgehead atoms. The van der Waals surface area contributed by atoms with Gasteiger partial charge < -0.3 is 10.6 Å². The van der Waals surface area contributed by atoms with Crippen molar-refractivity contribution in [3.05, 3.63) is 28.7 Å². The van der Waals surface area contributed by atoms with E-state index in [2.05, 4.69) is 33.5 Å². The van der Waals surface area contributed by atoms with E-state index >= 15 is 0 Å². The van der Waals surface area contributed by atoms with E-state index in [1.165, 1.54) is 19.3 Å². The number of urea groups is 1. The van der Waals surface area contributed by atoms with Gasteiger partial charge in [-0.1, -0.05) is 31.9 Å². The second kappa shape index (κ2) is 6.23. The highest BCUT2D eigenvalue weighted by Crippen LogP contribution is 2.24. The number of para-hydroxylation sites is 1. The van der Waals surface area contributed by atoms with Gasteiger partial charge in [-0.05, 0) is 46.8 Å². The number of anilines is 1. The van der Waals surface area contributed by atoms with Crippen molar-refractivity contribution in [1.82, 2.24) is 5.32 Å². The first-order valence-electron chi connectivity index (χ1n) is 6.49. The van der Waals surface area contributed by atoms with E-state index in [-0.39, 0.29) is 6.03 Å². The van der Waals surface area contributed by atoms with Crippen molar-refractivity contribution in [3.63, 3.8) is 0 Å². The molecule has 0 radical (unpaired) electrons. The Morgan fingerprint density at radius 3 is 2.72 bits per heavy atom. The lowest BCUT2D eigenvalue weighted by atomic mass is 9.86. The number of hydrogen-bond acceptors (Lipinski definition) is 1. The molecule has 4 heteroatoms. The van der Waals surface area contributed by atoms with Gasteiger partial charge in [-0.25, -0.2) is 4.79 Å². The third kappa shape index (κ3) is 3.48. The summed E-state index contributed by atoms with van der Waals surface area (Å²) in [7, 11) is 0. The first kappa shape index (κ1) is 13.4. The highest BCUT2D eigenvalue weighted by molar-refractivity contribution is 9.10. The van der Waals surface area contributed by atoms with E-state index in [1.54, 1.807) is 0 Å². The van der Waals surface area contributed by atoms with Crippen LogP contribution in [0.4, 0.5) is 10.5 Å². The molecule has 1 aliphatic rings. The molecule has 0 saturated heterocycles. The van der Waals surface area contributed by atoms with Crippen molar-refractivity contribution in [2.45, 2.75) is 38.6 Å². The molecule has 0 spiro atoms. The molecule has 98 valence electrons. The molecule has 0 heterocycles. The van der Waals surface area contributed by atoms with Crippen LogP contribution in [0.3, 0.4) is 0 Å². The van der Waals surface area contributed by atoms with Crippen LogP contribution in [-0.4, -0.2) is 12.1 Å². The summed E-state index contributed by atoms with van der Waals surface area (Å²) in [6.45, 7) is 2.21. The average molecular weight is 311 g/mol. The van der Waals surface area contributed by atoms with Gasteiger partial charge in [0.25, 0.3) is 0 Å². The number of rotatable bonds is 2. The van der Waals surface area contributed by atoms with Gasteiger partial charge in [0.1, 0.15) is 0 Å². The number of benzene rings is 1. The molecule has 1 aliphatic carbocycles. The summed E-state index contributed by atoms with van der Waals surface area (Å²) >= 11 is 3.42. The van der Waals surface area contributed by atoms with E-state index in [9.17, 15) is 4.79 Å². The molecule has 1 aromatic carbocycles. The quantitative estimate of drug-likeness (QED) is 0.846. The summed E-state index contributed by atoms with van der Waals surface area (Å²) in [4.78, 5) is 11.9. The number of carbonyl (C=O) groups is 1. The topological polar surface area (TPSA) is 41.1 Å². The Hall–Kier alpha value is -1.03. The largest absolute Gasteiger partial charge is 0.335 e. The van der Waals surface area contributed by atoms with Crippen LogP contribution >= 0.6 is 15.9 Å². The standard InChI is InChI=1S/C14H19BrN2O/c1-10-6-2-4-8-12(10)16-14(18)17-13-9-5-3-7-11(13)15/h3,5,7,9-10,12H,2,4,6,8H2,1H3,(H2,16,17,18)/t10-,12-/m1/s1. The Bertz CT molecular complexity index is 422. The number of nitrogens with one attached hydrogen (secondary N) is 2. The van der Waals surface area contributed by atoms with Crippen molar-refractivity contribution in [2.24, 2.45) is 5.92 Å². The van der Waals surface area contributed by atoms with Crippen molar-refractivity contribution >= 4 is 27.6 Å². The molecule has 2 amide bonds. The Labute approximate surface area is 116 Å². The molecular formula is C14H19BrN2O. The number of amides is 2. The number of halogens is 1. The Morgan fingerprint density at radius 2 is 2.00 bits per heavy atom. The van der Waals surface area contributed by atoms with E-state index in [0.717, 1.165) is 16.6 Å². The van der Waals surface area contributed by atoms with Gasteiger partial charge in [0.2, 0.25) is 0 Å². The monoisotopic (exact) mass is 310 g/mol. The highest BCUT2D eigenvalue weighted by atomic mass is 79.9. The summed E-state index contributed by atoms with van der Waals surface area (Å²) in [5, 5.41) is 5.95. The zero-order valence-electron chi connectivity index (χ0n) is 10.6. The zero-order chi connectivity index (χ0) is 13.0. The second-order valence-corrected chi connectivity index (χ2v) is 5.80. The Morgan fingerprint density at radius 1 is 1.28 bits per heavy atom. The van der Waals surface area contributed by atoms with Crippen LogP contribution in [0, 0.1) is 5.92 Å². The summed E-state index contributed by atoms with van der Waals surface area (Å²) in [6.07, 6.45) is 4.79. The smallest absolute Gasteiger partial charge is 0.319 e. The predicted octanol–water partition coefficient (Wildman–Crippen LogP) is 4.15. The van der Waals surface area contributed by atoms with Crippen molar-refractivity contribution in [3.8, 4) is 0 Å². The van der Waals surface area contributed by atoms with Crippen LogP contribution in [0.1, 0.15) is 32.6 Å². The van der Waals surface area contributed by atoms with Gasteiger partial charge in [0, 0.05) is 10.5 Å². The maximum atomic E-state index is 11.9.